The molecule has 1 aliphatic heterocycles. The first-order chi connectivity index (χ1) is 16.9. The van der Waals surface area contributed by atoms with Crippen LogP contribution in [-0.2, 0) is 11.2 Å². The summed E-state index contributed by atoms with van der Waals surface area (Å²) in [6.07, 6.45) is 7.26. The number of rotatable bonds is 7. The van der Waals surface area contributed by atoms with E-state index in [-0.39, 0.29) is 12.0 Å². The van der Waals surface area contributed by atoms with Gasteiger partial charge in [0.25, 0.3) is 0 Å². The van der Waals surface area contributed by atoms with Crippen molar-refractivity contribution in [2.75, 3.05) is 7.11 Å². The van der Waals surface area contributed by atoms with Gasteiger partial charge in [0.05, 0.1) is 30.6 Å². The number of carboxylic acids is 1. The molecule has 3 unspecified atom stereocenters. The maximum atomic E-state index is 11.7. The maximum Gasteiger partial charge on any atom is 0.306 e. The van der Waals surface area contributed by atoms with Crippen molar-refractivity contribution in [2.24, 2.45) is 11.8 Å². The fourth-order valence-electron chi connectivity index (χ4n) is 5.19. The van der Waals surface area contributed by atoms with Gasteiger partial charge in [-0.2, -0.15) is 0 Å². The van der Waals surface area contributed by atoms with Gasteiger partial charge in [-0.15, -0.1) is 0 Å². The van der Waals surface area contributed by atoms with Crippen molar-refractivity contribution in [2.45, 2.75) is 58.5 Å². The molecule has 35 heavy (non-hydrogen) atoms. The summed E-state index contributed by atoms with van der Waals surface area (Å²) in [7, 11) is 1.60. The molecule has 7 nitrogen and oxygen atoms in total. The summed E-state index contributed by atoms with van der Waals surface area (Å²) in [5.41, 5.74) is 6.60. The summed E-state index contributed by atoms with van der Waals surface area (Å²) < 4.78 is 11.7. The Bertz CT molecular complexity index is 1270. The summed E-state index contributed by atoms with van der Waals surface area (Å²) >= 11 is 0. The SMILES string of the molecule is COc1cc(-c2cnc(C3CCc4ccc(C(C5CC5)C(C)C(=O)O)cc4O3)c(C)n2)c(C)cn1. The van der Waals surface area contributed by atoms with Crippen LogP contribution in [0.15, 0.2) is 36.7 Å². The van der Waals surface area contributed by atoms with Gasteiger partial charge in [0.1, 0.15) is 17.5 Å². The van der Waals surface area contributed by atoms with Crippen LogP contribution in [-0.4, -0.2) is 33.1 Å². The summed E-state index contributed by atoms with van der Waals surface area (Å²) in [5.74, 6) is 0.667. The van der Waals surface area contributed by atoms with E-state index in [0.29, 0.717) is 11.8 Å². The highest BCUT2D eigenvalue weighted by Gasteiger charge is 2.39. The Hall–Kier alpha value is -3.48. The van der Waals surface area contributed by atoms with Crippen LogP contribution >= 0.6 is 0 Å². The molecule has 3 atom stereocenters. The van der Waals surface area contributed by atoms with Crippen molar-refractivity contribution in [1.82, 2.24) is 15.0 Å². The third kappa shape index (κ3) is 4.59. The van der Waals surface area contributed by atoms with Crippen LogP contribution in [0.2, 0.25) is 0 Å². The number of carboxylic acid groups (broad SMARTS) is 1. The molecule has 0 radical (unpaired) electrons. The van der Waals surface area contributed by atoms with E-state index in [9.17, 15) is 9.90 Å². The summed E-state index contributed by atoms with van der Waals surface area (Å²) in [4.78, 5) is 25.6. The first kappa shape index (κ1) is 23.3. The third-order valence-corrected chi connectivity index (χ3v) is 7.33. The Kier molecular flexibility index (Phi) is 6.17. The van der Waals surface area contributed by atoms with Gasteiger partial charge in [-0.3, -0.25) is 9.78 Å². The molecule has 1 aliphatic carbocycles. The van der Waals surface area contributed by atoms with Gasteiger partial charge in [-0.1, -0.05) is 19.1 Å². The number of benzene rings is 1. The van der Waals surface area contributed by atoms with Crippen LogP contribution in [0.4, 0.5) is 0 Å². The highest BCUT2D eigenvalue weighted by atomic mass is 16.5. The molecular formula is C28H31N3O4. The third-order valence-electron chi connectivity index (χ3n) is 7.33. The van der Waals surface area contributed by atoms with Crippen molar-refractivity contribution < 1.29 is 19.4 Å². The first-order valence-corrected chi connectivity index (χ1v) is 12.2. The van der Waals surface area contributed by atoms with Crippen molar-refractivity contribution in [3.8, 4) is 22.9 Å². The van der Waals surface area contributed by atoms with Crippen LogP contribution in [0.5, 0.6) is 11.6 Å². The fourth-order valence-corrected chi connectivity index (χ4v) is 5.19. The van der Waals surface area contributed by atoms with Gasteiger partial charge in [0.2, 0.25) is 5.88 Å². The predicted molar refractivity (Wildman–Crippen MR) is 132 cm³/mol. The Morgan fingerprint density at radius 2 is 1.94 bits per heavy atom. The molecule has 7 heteroatoms. The van der Waals surface area contributed by atoms with Crippen LogP contribution in [0.1, 0.15) is 66.3 Å². The largest absolute Gasteiger partial charge is 0.484 e. The van der Waals surface area contributed by atoms with Crippen molar-refractivity contribution in [1.29, 1.82) is 0 Å². The second-order valence-corrected chi connectivity index (χ2v) is 9.77. The average Bonchev–Trinajstić information content (AvgIpc) is 3.69. The van der Waals surface area contributed by atoms with E-state index < -0.39 is 11.9 Å². The van der Waals surface area contributed by atoms with Crippen molar-refractivity contribution >= 4 is 5.97 Å². The maximum absolute atomic E-state index is 11.7. The molecule has 3 aromatic rings. The number of aliphatic carboxylic acids is 1. The van der Waals surface area contributed by atoms with Crippen molar-refractivity contribution in [3.63, 3.8) is 0 Å². The molecule has 0 spiro atoms. The zero-order valence-corrected chi connectivity index (χ0v) is 20.6. The highest BCUT2D eigenvalue weighted by Crippen LogP contribution is 2.48. The van der Waals surface area contributed by atoms with Gasteiger partial charge < -0.3 is 14.6 Å². The summed E-state index contributed by atoms with van der Waals surface area (Å²) in [6.45, 7) is 5.77. The van der Waals surface area contributed by atoms with Crippen LogP contribution in [0.3, 0.4) is 0 Å². The van der Waals surface area contributed by atoms with E-state index in [2.05, 4.69) is 23.2 Å². The number of ether oxygens (including phenoxy) is 2. The number of pyridine rings is 1. The highest BCUT2D eigenvalue weighted by molar-refractivity contribution is 5.71. The lowest BCUT2D eigenvalue weighted by molar-refractivity contribution is -0.142. The number of aromatic nitrogens is 3. The summed E-state index contributed by atoms with van der Waals surface area (Å²) in [5, 5.41) is 9.64. The van der Waals surface area contributed by atoms with E-state index in [0.717, 1.165) is 70.8 Å². The minimum atomic E-state index is -0.744. The topological polar surface area (TPSA) is 94.4 Å². The molecule has 1 fully saturated rings. The second-order valence-electron chi connectivity index (χ2n) is 9.77. The molecule has 5 rings (SSSR count). The number of methoxy groups -OCH3 is 1. The number of fused-ring (bicyclic) bond motifs is 1. The molecule has 0 bridgehead atoms. The van der Waals surface area contributed by atoms with Gasteiger partial charge in [0, 0.05) is 17.8 Å². The standard InChI is InChI=1S/C28H31N3O4/c1-15-13-29-25(34-4)12-21(15)22-14-30-27(17(3)31-22)23-10-9-18-5-8-20(11-24(18)35-23)26(19-6-7-19)16(2)28(32)33/h5,8,11-14,16,19,23,26H,6-7,9-10H2,1-4H3,(H,32,33). The molecular weight excluding hydrogens is 442 g/mol. The molecule has 3 heterocycles. The summed E-state index contributed by atoms with van der Waals surface area (Å²) in [6, 6.07) is 8.14. The lowest BCUT2D eigenvalue weighted by Gasteiger charge is -2.28. The lowest BCUT2D eigenvalue weighted by Crippen LogP contribution is -2.22. The monoisotopic (exact) mass is 473 g/mol. The van der Waals surface area contributed by atoms with E-state index in [4.69, 9.17) is 19.4 Å². The zero-order valence-electron chi connectivity index (χ0n) is 20.6. The van der Waals surface area contributed by atoms with Gasteiger partial charge in [0.15, 0.2) is 0 Å². The van der Waals surface area contributed by atoms with Crippen LogP contribution in [0.25, 0.3) is 11.3 Å². The van der Waals surface area contributed by atoms with Crippen LogP contribution in [0, 0.1) is 25.7 Å². The van der Waals surface area contributed by atoms with Gasteiger partial charge in [-0.25, -0.2) is 9.97 Å². The Labute approximate surface area is 205 Å². The van der Waals surface area contributed by atoms with Crippen LogP contribution < -0.4 is 9.47 Å². The van der Waals surface area contributed by atoms with E-state index >= 15 is 0 Å². The quantitative estimate of drug-likeness (QED) is 0.488. The zero-order chi connectivity index (χ0) is 24.7. The average molecular weight is 474 g/mol. The van der Waals surface area contributed by atoms with Gasteiger partial charge in [-0.05, 0) is 74.1 Å². The Morgan fingerprint density at radius 3 is 2.63 bits per heavy atom. The normalized spacial score (nSPS) is 18.8. The molecule has 1 N–H and O–H groups in total. The smallest absolute Gasteiger partial charge is 0.306 e. The number of aryl methyl sites for hydroxylation is 3. The lowest BCUT2D eigenvalue weighted by atomic mass is 9.82. The number of carbonyl (C=O) groups is 1. The molecule has 1 aromatic carbocycles. The Balaban J connectivity index is 1.41. The van der Waals surface area contributed by atoms with E-state index in [1.807, 2.05) is 26.8 Å². The number of hydrogen-bond donors (Lipinski definition) is 1. The van der Waals surface area contributed by atoms with E-state index in [1.165, 1.54) is 0 Å². The first-order valence-electron chi connectivity index (χ1n) is 12.2. The molecule has 1 saturated carbocycles. The van der Waals surface area contributed by atoms with E-state index in [1.54, 1.807) is 19.5 Å². The minimum absolute atomic E-state index is 0.0168. The predicted octanol–water partition coefficient (Wildman–Crippen LogP) is 5.44. The van der Waals surface area contributed by atoms with Gasteiger partial charge >= 0.3 is 5.97 Å². The Morgan fingerprint density at radius 1 is 1.14 bits per heavy atom. The molecule has 2 aliphatic rings. The molecule has 2 aromatic heterocycles. The second kappa shape index (κ2) is 9.29. The molecule has 0 amide bonds. The minimum Gasteiger partial charge on any atom is -0.484 e. The van der Waals surface area contributed by atoms with Crippen molar-refractivity contribution in [3.05, 3.63) is 64.7 Å². The molecule has 182 valence electrons. The number of nitrogens with zero attached hydrogens (tertiary/aromatic N) is 3. The fraction of sp³-hybridized carbons (Fsp3) is 0.429. The number of hydrogen-bond acceptors (Lipinski definition) is 6. The molecule has 0 saturated heterocycles.